The summed E-state index contributed by atoms with van der Waals surface area (Å²) < 4.78 is 7.16. The molecule has 3 aromatic heterocycles. The fourth-order valence-electron chi connectivity index (χ4n) is 3.85. The second-order valence-corrected chi connectivity index (χ2v) is 7.57. The standard InChI is InChI=1S/C21H20N6O3/c1-26-9-8-21(29,20(26)28)17-11-16(30-25-17)13-5-3-4-12(10-13)14-6-7-15-18(23-14)19(22)24-27(15)2/h3-7,10-11,29H,8-9H2,1-2H3,(H2,22,24). The van der Waals surface area contributed by atoms with Crippen LogP contribution in [0.5, 0.6) is 0 Å². The van der Waals surface area contributed by atoms with Gasteiger partial charge in [0.15, 0.2) is 17.2 Å². The van der Waals surface area contributed by atoms with Crippen LogP contribution in [-0.2, 0) is 17.4 Å². The highest BCUT2D eigenvalue weighted by atomic mass is 16.5. The highest BCUT2D eigenvalue weighted by Gasteiger charge is 2.47. The third-order valence-electron chi connectivity index (χ3n) is 5.61. The first-order valence-electron chi connectivity index (χ1n) is 9.52. The number of nitrogens with two attached hydrogens (primary N) is 1. The number of rotatable bonds is 3. The van der Waals surface area contributed by atoms with Crippen molar-refractivity contribution in [3.8, 4) is 22.6 Å². The van der Waals surface area contributed by atoms with Crippen LogP contribution in [0.15, 0.2) is 47.0 Å². The van der Waals surface area contributed by atoms with Crippen LogP contribution in [0.2, 0.25) is 0 Å². The smallest absolute Gasteiger partial charge is 0.260 e. The average molecular weight is 404 g/mol. The normalized spacial score (nSPS) is 19.2. The van der Waals surface area contributed by atoms with Crippen LogP contribution in [0.1, 0.15) is 12.1 Å². The predicted octanol–water partition coefficient (Wildman–Crippen LogP) is 1.92. The minimum absolute atomic E-state index is 0.222. The summed E-state index contributed by atoms with van der Waals surface area (Å²) in [5.41, 5.74) is 8.42. The molecule has 0 aliphatic carbocycles. The van der Waals surface area contributed by atoms with Crippen LogP contribution in [0.25, 0.3) is 33.6 Å². The first kappa shape index (κ1) is 18.3. The summed E-state index contributed by atoms with van der Waals surface area (Å²) >= 11 is 0. The van der Waals surface area contributed by atoms with Gasteiger partial charge in [-0.2, -0.15) is 5.10 Å². The van der Waals surface area contributed by atoms with Crippen molar-refractivity contribution in [1.29, 1.82) is 0 Å². The number of benzene rings is 1. The summed E-state index contributed by atoms with van der Waals surface area (Å²) in [5, 5.41) is 19.0. The lowest BCUT2D eigenvalue weighted by Crippen LogP contribution is -2.36. The van der Waals surface area contributed by atoms with Crippen LogP contribution in [-0.4, -0.2) is 49.4 Å². The van der Waals surface area contributed by atoms with Crippen molar-refractivity contribution in [2.24, 2.45) is 7.05 Å². The minimum atomic E-state index is -1.64. The van der Waals surface area contributed by atoms with Crippen LogP contribution >= 0.6 is 0 Å². The fourth-order valence-corrected chi connectivity index (χ4v) is 3.85. The van der Waals surface area contributed by atoms with Crippen molar-refractivity contribution >= 4 is 22.8 Å². The van der Waals surface area contributed by atoms with E-state index in [9.17, 15) is 9.90 Å². The van der Waals surface area contributed by atoms with Gasteiger partial charge in [-0.15, -0.1) is 0 Å². The van der Waals surface area contributed by atoms with Crippen molar-refractivity contribution in [2.45, 2.75) is 12.0 Å². The summed E-state index contributed by atoms with van der Waals surface area (Å²) in [5.74, 6) is 0.470. The molecule has 3 N–H and O–H groups in total. The number of hydrogen-bond acceptors (Lipinski definition) is 7. The van der Waals surface area contributed by atoms with Crippen LogP contribution in [0, 0.1) is 0 Å². The Morgan fingerprint density at radius 2 is 1.97 bits per heavy atom. The summed E-state index contributed by atoms with van der Waals surface area (Å²) in [6, 6.07) is 13.1. The van der Waals surface area contributed by atoms with Crippen molar-refractivity contribution in [3.63, 3.8) is 0 Å². The summed E-state index contributed by atoms with van der Waals surface area (Å²) in [6.45, 7) is 0.471. The molecule has 1 aromatic carbocycles. The largest absolute Gasteiger partial charge is 0.380 e. The van der Waals surface area contributed by atoms with Crippen LogP contribution in [0.4, 0.5) is 5.82 Å². The Labute approximate surface area is 171 Å². The van der Waals surface area contributed by atoms with Crippen molar-refractivity contribution < 1.29 is 14.4 Å². The number of hydrogen-bond donors (Lipinski definition) is 2. The molecule has 4 aromatic rings. The first-order valence-corrected chi connectivity index (χ1v) is 9.52. The van der Waals surface area contributed by atoms with Gasteiger partial charge in [-0.05, 0) is 18.2 Å². The molecule has 1 unspecified atom stereocenters. The van der Waals surface area contributed by atoms with E-state index in [0.29, 0.717) is 23.6 Å². The molecule has 0 radical (unpaired) electrons. The van der Waals surface area contributed by atoms with E-state index in [1.54, 1.807) is 17.8 Å². The summed E-state index contributed by atoms with van der Waals surface area (Å²) in [4.78, 5) is 18.5. The number of aromatic nitrogens is 4. The molecule has 0 saturated carbocycles. The second kappa shape index (κ2) is 6.39. The van der Waals surface area contributed by atoms with E-state index in [1.165, 1.54) is 4.90 Å². The SMILES string of the molecule is CN1CCC(O)(c2cc(-c3cccc(-c4ccc5c(n4)c(N)nn5C)c3)on2)C1=O. The molecule has 1 atom stereocenters. The van der Waals surface area contributed by atoms with Gasteiger partial charge < -0.3 is 20.3 Å². The van der Waals surface area contributed by atoms with Crippen LogP contribution in [0.3, 0.4) is 0 Å². The Kier molecular flexibility index (Phi) is 3.90. The van der Waals surface area contributed by atoms with E-state index in [2.05, 4.69) is 15.2 Å². The Morgan fingerprint density at radius 3 is 2.73 bits per heavy atom. The molecule has 1 aliphatic rings. The highest BCUT2D eigenvalue weighted by Crippen LogP contribution is 2.35. The number of carbonyl (C=O) groups excluding carboxylic acids is 1. The molecule has 5 rings (SSSR count). The molecule has 0 spiro atoms. The maximum atomic E-state index is 12.3. The zero-order valence-electron chi connectivity index (χ0n) is 16.5. The number of aliphatic hydroxyl groups is 1. The summed E-state index contributed by atoms with van der Waals surface area (Å²) in [7, 11) is 3.48. The lowest BCUT2D eigenvalue weighted by atomic mass is 9.97. The van der Waals surface area contributed by atoms with E-state index in [1.807, 2.05) is 43.4 Å². The number of fused-ring (bicyclic) bond motifs is 1. The third kappa shape index (κ3) is 2.66. The molecule has 1 amide bonds. The van der Waals surface area contributed by atoms with E-state index in [0.717, 1.165) is 22.3 Å². The topological polar surface area (TPSA) is 123 Å². The number of pyridine rings is 1. The van der Waals surface area contributed by atoms with Crippen molar-refractivity contribution in [1.82, 2.24) is 24.8 Å². The third-order valence-corrected chi connectivity index (χ3v) is 5.61. The van der Waals surface area contributed by atoms with Crippen molar-refractivity contribution in [3.05, 3.63) is 48.2 Å². The molecular weight excluding hydrogens is 384 g/mol. The summed E-state index contributed by atoms with van der Waals surface area (Å²) in [6.07, 6.45) is 0.283. The lowest BCUT2D eigenvalue weighted by molar-refractivity contribution is -0.143. The van der Waals surface area contributed by atoms with E-state index < -0.39 is 5.60 Å². The molecule has 30 heavy (non-hydrogen) atoms. The Morgan fingerprint density at radius 1 is 1.17 bits per heavy atom. The van der Waals surface area contributed by atoms with Gasteiger partial charge in [0.1, 0.15) is 11.2 Å². The van der Waals surface area contributed by atoms with Gasteiger partial charge in [0.2, 0.25) is 0 Å². The monoisotopic (exact) mass is 404 g/mol. The molecule has 152 valence electrons. The predicted molar refractivity (Wildman–Crippen MR) is 110 cm³/mol. The van der Waals surface area contributed by atoms with E-state index in [-0.39, 0.29) is 18.0 Å². The average Bonchev–Trinajstić information content (AvgIpc) is 3.43. The molecule has 4 heterocycles. The molecule has 1 fully saturated rings. The number of nitrogens with zero attached hydrogens (tertiary/aromatic N) is 5. The van der Waals surface area contributed by atoms with Gasteiger partial charge in [0.25, 0.3) is 5.91 Å². The maximum absolute atomic E-state index is 12.3. The molecular formula is C21H20N6O3. The number of carbonyl (C=O) groups is 1. The Bertz CT molecular complexity index is 1290. The zero-order valence-corrected chi connectivity index (χ0v) is 16.5. The quantitative estimate of drug-likeness (QED) is 0.535. The highest BCUT2D eigenvalue weighted by molar-refractivity contribution is 5.88. The van der Waals surface area contributed by atoms with Gasteiger partial charge in [-0.25, -0.2) is 4.98 Å². The van der Waals surface area contributed by atoms with Gasteiger partial charge in [0.05, 0.1) is 11.2 Å². The van der Waals surface area contributed by atoms with Gasteiger partial charge >= 0.3 is 0 Å². The fraction of sp³-hybridized carbons (Fsp3) is 0.238. The van der Waals surface area contributed by atoms with Gasteiger partial charge in [-0.1, -0.05) is 23.4 Å². The molecule has 0 bridgehead atoms. The number of aryl methyl sites for hydroxylation is 1. The first-order chi connectivity index (χ1) is 14.4. The molecule has 1 saturated heterocycles. The maximum Gasteiger partial charge on any atom is 0.260 e. The number of anilines is 1. The molecule has 1 aliphatic heterocycles. The van der Waals surface area contributed by atoms with Gasteiger partial charge in [0, 0.05) is 44.3 Å². The lowest BCUT2D eigenvalue weighted by Gasteiger charge is -2.16. The van der Waals surface area contributed by atoms with E-state index >= 15 is 0 Å². The number of likely N-dealkylation sites (N-methyl/N-ethyl adjacent to an activating group) is 1. The molecule has 9 nitrogen and oxygen atoms in total. The minimum Gasteiger partial charge on any atom is -0.380 e. The van der Waals surface area contributed by atoms with Crippen LogP contribution < -0.4 is 5.73 Å². The Hall–Kier alpha value is -3.72. The zero-order chi connectivity index (χ0) is 21.0. The number of nitrogen functional groups attached to an aromatic ring is 1. The molecule has 9 heteroatoms. The number of likely N-dealkylation sites (tertiary alicyclic amines) is 1. The van der Waals surface area contributed by atoms with E-state index in [4.69, 9.17) is 10.3 Å². The number of amides is 1. The van der Waals surface area contributed by atoms with Gasteiger partial charge in [-0.3, -0.25) is 9.48 Å². The van der Waals surface area contributed by atoms with Crippen molar-refractivity contribution in [2.75, 3.05) is 19.3 Å². The Balaban J connectivity index is 1.51. The second-order valence-electron chi connectivity index (χ2n) is 7.57.